The van der Waals surface area contributed by atoms with Crippen LogP contribution in [0.2, 0.25) is 0 Å². The third-order valence-corrected chi connectivity index (χ3v) is 5.55. The molecule has 0 radical (unpaired) electrons. The van der Waals surface area contributed by atoms with Crippen molar-refractivity contribution in [1.29, 1.82) is 0 Å². The summed E-state index contributed by atoms with van der Waals surface area (Å²) in [5.41, 5.74) is 1.28. The molecule has 1 saturated heterocycles. The van der Waals surface area contributed by atoms with Crippen LogP contribution in [0.4, 0.5) is 0 Å². The number of benzene rings is 1. The summed E-state index contributed by atoms with van der Waals surface area (Å²) in [5, 5.41) is 3.42. The molecule has 1 aliphatic heterocycles. The van der Waals surface area contributed by atoms with Crippen molar-refractivity contribution < 1.29 is 13.2 Å². The van der Waals surface area contributed by atoms with Gasteiger partial charge in [0.15, 0.2) is 9.84 Å². The summed E-state index contributed by atoms with van der Waals surface area (Å²) in [5.74, 6) is 1.49. The van der Waals surface area contributed by atoms with Crippen LogP contribution in [0.15, 0.2) is 24.3 Å². The Balaban J connectivity index is 1.76. The Kier molecular flexibility index (Phi) is 5.05. The smallest absolute Gasteiger partial charge is 0.151 e. The molecule has 2 unspecified atom stereocenters. The van der Waals surface area contributed by atoms with Crippen LogP contribution in [0, 0.1) is 0 Å². The van der Waals surface area contributed by atoms with E-state index in [4.69, 9.17) is 4.74 Å². The van der Waals surface area contributed by atoms with Crippen molar-refractivity contribution in [2.45, 2.75) is 38.3 Å². The van der Waals surface area contributed by atoms with Gasteiger partial charge in [0, 0.05) is 12.1 Å². The van der Waals surface area contributed by atoms with Crippen molar-refractivity contribution in [3.05, 3.63) is 29.8 Å². The zero-order valence-electron chi connectivity index (χ0n) is 12.1. The standard InChI is InChI=1S/C15H23NO3S/c1-12(16-14-9-10-20(17,18)11-14)3-4-13-5-7-15(19-2)8-6-13/h5-8,12,14,16H,3-4,9-11H2,1-2H3. The number of aryl methyl sites for hydroxylation is 1. The van der Waals surface area contributed by atoms with Gasteiger partial charge < -0.3 is 10.1 Å². The Morgan fingerprint density at radius 2 is 2.05 bits per heavy atom. The third-order valence-electron chi connectivity index (χ3n) is 3.78. The lowest BCUT2D eigenvalue weighted by Gasteiger charge is -2.18. The predicted molar refractivity (Wildman–Crippen MR) is 81.0 cm³/mol. The minimum atomic E-state index is -2.79. The number of hydrogen-bond donors (Lipinski definition) is 1. The highest BCUT2D eigenvalue weighted by molar-refractivity contribution is 7.91. The molecule has 0 bridgehead atoms. The molecule has 0 spiro atoms. The molecule has 1 aliphatic rings. The second-order valence-corrected chi connectivity index (χ2v) is 7.78. The van der Waals surface area contributed by atoms with Crippen molar-refractivity contribution in [2.24, 2.45) is 0 Å². The molecule has 0 amide bonds. The second-order valence-electron chi connectivity index (χ2n) is 5.55. The minimum absolute atomic E-state index is 0.130. The molecule has 4 nitrogen and oxygen atoms in total. The van der Waals surface area contributed by atoms with E-state index in [2.05, 4.69) is 24.4 Å². The van der Waals surface area contributed by atoms with Crippen molar-refractivity contribution in [1.82, 2.24) is 5.32 Å². The topological polar surface area (TPSA) is 55.4 Å². The molecule has 0 saturated carbocycles. The van der Waals surface area contributed by atoms with E-state index in [0.29, 0.717) is 17.5 Å². The van der Waals surface area contributed by atoms with Gasteiger partial charge in [-0.2, -0.15) is 0 Å². The molecular formula is C15H23NO3S. The van der Waals surface area contributed by atoms with Gasteiger partial charge in [0.05, 0.1) is 18.6 Å². The first-order chi connectivity index (χ1) is 9.48. The number of sulfone groups is 1. The fourth-order valence-corrected chi connectivity index (χ4v) is 4.27. The molecule has 1 N–H and O–H groups in total. The molecule has 1 aromatic carbocycles. The molecular weight excluding hydrogens is 274 g/mol. The Morgan fingerprint density at radius 3 is 2.60 bits per heavy atom. The van der Waals surface area contributed by atoms with E-state index in [0.717, 1.165) is 25.0 Å². The van der Waals surface area contributed by atoms with E-state index >= 15 is 0 Å². The van der Waals surface area contributed by atoms with E-state index in [9.17, 15) is 8.42 Å². The average Bonchev–Trinajstić information content (AvgIpc) is 2.76. The van der Waals surface area contributed by atoms with Gasteiger partial charge in [-0.05, 0) is 43.9 Å². The number of ether oxygens (including phenoxy) is 1. The van der Waals surface area contributed by atoms with E-state index < -0.39 is 9.84 Å². The SMILES string of the molecule is COc1ccc(CCC(C)NC2CCS(=O)(=O)C2)cc1. The highest BCUT2D eigenvalue weighted by Gasteiger charge is 2.28. The first kappa shape index (κ1) is 15.3. The Bertz CT molecular complexity index is 525. The lowest BCUT2D eigenvalue weighted by atomic mass is 10.1. The fraction of sp³-hybridized carbons (Fsp3) is 0.600. The number of nitrogens with one attached hydrogen (secondary N) is 1. The summed E-state index contributed by atoms with van der Waals surface area (Å²) >= 11 is 0. The van der Waals surface area contributed by atoms with Crippen LogP contribution < -0.4 is 10.1 Å². The highest BCUT2D eigenvalue weighted by atomic mass is 32.2. The van der Waals surface area contributed by atoms with Crippen molar-refractivity contribution in [3.8, 4) is 5.75 Å². The molecule has 1 heterocycles. The van der Waals surface area contributed by atoms with E-state index in [1.165, 1.54) is 5.56 Å². The van der Waals surface area contributed by atoms with Crippen molar-refractivity contribution in [3.63, 3.8) is 0 Å². The van der Waals surface area contributed by atoms with Gasteiger partial charge in [-0.25, -0.2) is 8.42 Å². The minimum Gasteiger partial charge on any atom is -0.497 e. The van der Waals surface area contributed by atoms with Crippen LogP contribution in [0.3, 0.4) is 0 Å². The normalized spacial score (nSPS) is 22.6. The van der Waals surface area contributed by atoms with Gasteiger partial charge >= 0.3 is 0 Å². The van der Waals surface area contributed by atoms with Crippen LogP contribution in [-0.2, 0) is 16.3 Å². The Morgan fingerprint density at radius 1 is 1.35 bits per heavy atom. The molecule has 112 valence electrons. The lowest BCUT2D eigenvalue weighted by Crippen LogP contribution is -2.37. The van der Waals surface area contributed by atoms with Gasteiger partial charge in [0.1, 0.15) is 5.75 Å². The van der Waals surface area contributed by atoms with Gasteiger partial charge in [-0.1, -0.05) is 12.1 Å². The maximum atomic E-state index is 11.4. The maximum absolute atomic E-state index is 11.4. The monoisotopic (exact) mass is 297 g/mol. The largest absolute Gasteiger partial charge is 0.497 e. The molecule has 0 aromatic heterocycles. The summed E-state index contributed by atoms with van der Waals surface area (Å²) in [4.78, 5) is 0. The van der Waals surface area contributed by atoms with Crippen LogP contribution in [0.5, 0.6) is 5.75 Å². The summed E-state index contributed by atoms with van der Waals surface area (Å²) in [6, 6.07) is 8.55. The van der Waals surface area contributed by atoms with Gasteiger partial charge in [-0.15, -0.1) is 0 Å². The van der Waals surface area contributed by atoms with Crippen molar-refractivity contribution in [2.75, 3.05) is 18.6 Å². The first-order valence-electron chi connectivity index (χ1n) is 7.08. The van der Waals surface area contributed by atoms with Crippen LogP contribution in [0.1, 0.15) is 25.3 Å². The molecule has 2 atom stereocenters. The molecule has 2 rings (SSSR count). The number of rotatable bonds is 6. The quantitative estimate of drug-likeness (QED) is 0.870. The third kappa shape index (κ3) is 4.49. The molecule has 1 fully saturated rings. The number of methoxy groups -OCH3 is 1. The first-order valence-corrected chi connectivity index (χ1v) is 8.90. The summed E-state index contributed by atoms with van der Waals surface area (Å²) in [6.07, 6.45) is 2.73. The second kappa shape index (κ2) is 6.59. The van der Waals surface area contributed by atoms with Gasteiger partial charge in [0.2, 0.25) is 0 Å². The highest BCUT2D eigenvalue weighted by Crippen LogP contribution is 2.15. The fourth-order valence-electron chi connectivity index (χ4n) is 2.59. The molecule has 0 aliphatic carbocycles. The van der Waals surface area contributed by atoms with Crippen LogP contribution >= 0.6 is 0 Å². The van der Waals surface area contributed by atoms with E-state index in [-0.39, 0.29) is 6.04 Å². The predicted octanol–water partition coefficient (Wildman–Crippen LogP) is 1.79. The summed E-state index contributed by atoms with van der Waals surface area (Å²) in [6.45, 7) is 2.12. The molecule has 20 heavy (non-hydrogen) atoms. The van der Waals surface area contributed by atoms with Crippen LogP contribution in [-0.4, -0.2) is 39.1 Å². The Labute approximate surface area is 121 Å². The zero-order chi connectivity index (χ0) is 14.6. The lowest BCUT2D eigenvalue weighted by molar-refractivity contribution is 0.414. The van der Waals surface area contributed by atoms with Gasteiger partial charge in [0.25, 0.3) is 0 Å². The van der Waals surface area contributed by atoms with E-state index in [1.54, 1.807) is 7.11 Å². The zero-order valence-corrected chi connectivity index (χ0v) is 12.9. The Hall–Kier alpha value is -1.07. The summed E-state index contributed by atoms with van der Waals surface area (Å²) < 4.78 is 28.0. The maximum Gasteiger partial charge on any atom is 0.151 e. The average molecular weight is 297 g/mol. The van der Waals surface area contributed by atoms with E-state index in [1.807, 2.05) is 12.1 Å². The number of hydrogen-bond acceptors (Lipinski definition) is 4. The van der Waals surface area contributed by atoms with Crippen LogP contribution in [0.25, 0.3) is 0 Å². The molecule has 1 aromatic rings. The summed E-state index contributed by atoms with van der Waals surface area (Å²) in [7, 11) is -1.13. The van der Waals surface area contributed by atoms with Crippen molar-refractivity contribution >= 4 is 9.84 Å². The van der Waals surface area contributed by atoms with Gasteiger partial charge in [-0.3, -0.25) is 0 Å². The molecule has 5 heteroatoms.